The number of anilines is 1. The average molecular weight is 408 g/mol. The Morgan fingerprint density at radius 2 is 1.70 bits per heavy atom. The van der Waals surface area contributed by atoms with Gasteiger partial charge >= 0.3 is 18.4 Å². The molecule has 10 heteroatoms. The van der Waals surface area contributed by atoms with E-state index in [0.29, 0.717) is 31.5 Å². The number of rotatable bonds is 2. The Balaban J connectivity index is 1.87. The molecule has 0 unspecified atom stereocenters. The third kappa shape index (κ3) is 4.37. The smallest absolute Gasteiger partial charge is 0.317 e. The van der Waals surface area contributed by atoms with Gasteiger partial charge in [0.05, 0.1) is 17.2 Å². The van der Waals surface area contributed by atoms with Gasteiger partial charge in [-0.2, -0.15) is 37.7 Å². The summed E-state index contributed by atoms with van der Waals surface area (Å²) in [7, 11) is 0. The van der Waals surface area contributed by atoms with Gasteiger partial charge in [0.2, 0.25) is 0 Å². The predicted octanol–water partition coefficient (Wildman–Crippen LogP) is 6.15. The van der Waals surface area contributed by atoms with E-state index in [2.05, 4.69) is 5.32 Å². The van der Waals surface area contributed by atoms with Crippen LogP contribution in [0.15, 0.2) is 35.0 Å². The zero-order chi connectivity index (χ0) is 19.8. The van der Waals surface area contributed by atoms with Gasteiger partial charge in [-0.15, -0.1) is 0 Å². The van der Waals surface area contributed by atoms with Gasteiger partial charge in [-0.25, -0.2) is 4.79 Å². The number of benzene rings is 1. The fourth-order valence-electron chi connectivity index (χ4n) is 3.04. The Morgan fingerprint density at radius 3 is 2.22 bits per heavy atom. The maximum absolute atomic E-state index is 12.9. The number of halogens is 6. The summed E-state index contributed by atoms with van der Waals surface area (Å²) < 4.78 is 77.6. The highest BCUT2D eigenvalue weighted by atomic mass is 32.1. The molecule has 146 valence electrons. The number of thiophene rings is 1. The Kier molecular flexibility index (Phi) is 5.11. The van der Waals surface area contributed by atoms with Crippen molar-refractivity contribution in [2.24, 2.45) is 0 Å². The molecule has 1 atom stereocenters. The van der Waals surface area contributed by atoms with Crippen LogP contribution >= 0.6 is 11.3 Å². The largest absolute Gasteiger partial charge is 0.416 e. The Labute approximate surface area is 154 Å². The minimum absolute atomic E-state index is 0.0275. The highest BCUT2D eigenvalue weighted by Gasteiger charge is 2.37. The number of amides is 2. The van der Waals surface area contributed by atoms with Crippen molar-refractivity contribution in [3.8, 4) is 0 Å². The fraction of sp³-hybridized carbons (Fsp3) is 0.353. The van der Waals surface area contributed by atoms with Crippen molar-refractivity contribution in [3.05, 3.63) is 51.7 Å². The second kappa shape index (κ2) is 7.06. The normalized spacial score (nSPS) is 18.0. The van der Waals surface area contributed by atoms with Crippen molar-refractivity contribution in [2.45, 2.75) is 31.2 Å². The van der Waals surface area contributed by atoms with Gasteiger partial charge in [-0.3, -0.25) is 0 Å². The summed E-state index contributed by atoms with van der Waals surface area (Å²) in [6, 6.07) is 1.90. The third-order valence-electron chi connectivity index (χ3n) is 4.28. The van der Waals surface area contributed by atoms with Crippen LogP contribution in [0.3, 0.4) is 0 Å². The zero-order valence-electron chi connectivity index (χ0n) is 13.7. The van der Waals surface area contributed by atoms with Crippen molar-refractivity contribution in [2.75, 3.05) is 11.9 Å². The first kappa shape index (κ1) is 19.5. The molecule has 1 saturated heterocycles. The average Bonchev–Trinajstić information content (AvgIpc) is 3.24. The molecule has 1 fully saturated rings. The van der Waals surface area contributed by atoms with Crippen LogP contribution in [0.1, 0.15) is 35.6 Å². The van der Waals surface area contributed by atoms with Crippen molar-refractivity contribution in [1.29, 1.82) is 0 Å². The van der Waals surface area contributed by atoms with E-state index in [-0.39, 0.29) is 12.1 Å². The number of urea groups is 1. The summed E-state index contributed by atoms with van der Waals surface area (Å²) in [6.07, 6.45) is -8.55. The Morgan fingerprint density at radius 1 is 1.07 bits per heavy atom. The van der Waals surface area contributed by atoms with Gasteiger partial charge < -0.3 is 10.2 Å². The molecule has 0 saturated carbocycles. The van der Waals surface area contributed by atoms with E-state index in [1.54, 1.807) is 0 Å². The lowest BCUT2D eigenvalue weighted by Crippen LogP contribution is -2.34. The highest BCUT2D eigenvalue weighted by Crippen LogP contribution is 2.38. The number of likely N-dealkylation sites (tertiary alicyclic amines) is 1. The predicted molar refractivity (Wildman–Crippen MR) is 88.5 cm³/mol. The van der Waals surface area contributed by atoms with Gasteiger partial charge in [0.25, 0.3) is 0 Å². The molecule has 3 nitrogen and oxygen atoms in total. The molecule has 1 aliphatic rings. The molecule has 27 heavy (non-hydrogen) atoms. The van der Waals surface area contributed by atoms with E-state index in [0.717, 1.165) is 5.56 Å². The van der Waals surface area contributed by atoms with Crippen LogP contribution < -0.4 is 5.32 Å². The lowest BCUT2D eigenvalue weighted by Gasteiger charge is -2.25. The van der Waals surface area contributed by atoms with Crippen LogP contribution in [0, 0.1) is 0 Å². The van der Waals surface area contributed by atoms with Gasteiger partial charge in [-0.1, -0.05) is 0 Å². The monoisotopic (exact) mass is 408 g/mol. The van der Waals surface area contributed by atoms with Crippen LogP contribution in [0.2, 0.25) is 0 Å². The molecule has 0 aliphatic carbocycles. The number of hydrogen-bond acceptors (Lipinski definition) is 2. The Bertz CT molecular complexity index is 784. The summed E-state index contributed by atoms with van der Waals surface area (Å²) in [5.41, 5.74) is -2.59. The first-order valence-corrected chi connectivity index (χ1v) is 8.89. The quantitative estimate of drug-likeness (QED) is 0.594. The summed E-state index contributed by atoms with van der Waals surface area (Å²) in [6.45, 7) is 0.372. The first-order valence-electron chi connectivity index (χ1n) is 7.95. The summed E-state index contributed by atoms with van der Waals surface area (Å²) in [5, 5.41) is 5.89. The first-order chi connectivity index (χ1) is 12.6. The minimum Gasteiger partial charge on any atom is -0.317 e. The molecule has 1 N–H and O–H groups in total. The second-order valence-corrected chi connectivity index (χ2v) is 6.91. The number of alkyl halides is 6. The number of carbonyl (C=O) groups is 1. The van der Waals surface area contributed by atoms with Crippen molar-refractivity contribution in [1.82, 2.24) is 4.90 Å². The summed E-state index contributed by atoms with van der Waals surface area (Å²) >= 11 is 1.45. The second-order valence-electron chi connectivity index (χ2n) is 6.13. The molecule has 3 rings (SSSR count). The van der Waals surface area contributed by atoms with E-state index in [9.17, 15) is 31.1 Å². The van der Waals surface area contributed by atoms with E-state index in [1.165, 1.54) is 16.2 Å². The molecule has 2 aromatic rings. The van der Waals surface area contributed by atoms with E-state index in [1.807, 2.05) is 16.8 Å². The highest BCUT2D eigenvalue weighted by molar-refractivity contribution is 7.08. The van der Waals surface area contributed by atoms with Gasteiger partial charge in [0.15, 0.2) is 0 Å². The Hall–Kier alpha value is -2.23. The molecule has 0 bridgehead atoms. The van der Waals surface area contributed by atoms with Crippen molar-refractivity contribution in [3.63, 3.8) is 0 Å². The van der Waals surface area contributed by atoms with Crippen LogP contribution in [-0.4, -0.2) is 17.5 Å². The standard InChI is InChI=1S/C17H14F6N2OS/c18-16(19,20)11-6-12(17(21,22)23)8-13(7-11)24-15(26)25-4-1-2-14(25)10-3-5-27-9-10/h3,5-9,14H,1-2,4H2,(H,24,26)/t14-/m1/s1. The van der Waals surface area contributed by atoms with E-state index in [4.69, 9.17) is 0 Å². The van der Waals surface area contributed by atoms with Crippen LogP contribution in [0.5, 0.6) is 0 Å². The van der Waals surface area contributed by atoms with Crippen LogP contribution in [0.4, 0.5) is 36.8 Å². The van der Waals surface area contributed by atoms with E-state index >= 15 is 0 Å². The molecule has 2 heterocycles. The number of hydrogen-bond donors (Lipinski definition) is 1. The van der Waals surface area contributed by atoms with Crippen molar-refractivity contribution < 1.29 is 31.1 Å². The van der Waals surface area contributed by atoms with Gasteiger partial charge in [0, 0.05) is 12.2 Å². The minimum atomic E-state index is -4.96. The van der Waals surface area contributed by atoms with Gasteiger partial charge in [-0.05, 0) is 53.4 Å². The van der Waals surface area contributed by atoms with Crippen LogP contribution in [0.25, 0.3) is 0 Å². The van der Waals surface area contributed by atoms with Crippen LogP contribution in [-0.2, 0) is 12.4 Å². The molecule has 2 amide bonds. The topological polar surface area (TPSA) is 32.3 Å². The maximum atomic E-state index is 12.9. The maximum Gasteiger partial charge on any atom is 0.416 e. The SMILES string of the molecule is O=C(Nc1cc(C(F)(F)F)cc(C(F)(F)F)c1)N1CCC[C@@H]1c1ccsc1. The van der Waals surface area contributed by atoms with Gasteiger partial charge in [0.1, 0.15) is 0 Å². The van der Waals surface area contributed by atoms with E-state index < -0.39 is 35.2 Å². The summed E-state index contributed by atoms with van der Waals surface area (Å²) in [5.74, 6) is 0. The lowest BCUT2D eigenvalue weighted by molar-refractivity contribution is -0.143. The lowest BCUT2D eigenvalue weighted by atomic mass is 10.1. The molecular weight excluding hydrogens is 394 g/mol. The number of nitrogens with zero attached hydrogens (tertiary/aromatic N) is 1. The molecule has 1 aromatic carbocycles. The molecule has 1 aromatic heterocycles. The number of nitrogens with one attached hydrogen (secondary N) is 1. The fourth-order valence-corrected chi connectivity index (χ4v) is 3.75. The molecule has 0 spiro atoms. The van der Waals surface area contributed by atoms with Crippen molar-refractivity contribution >= 4 is 23.1 Å². The molecule has 0 radical (unpaired) electrons. The third-order valence-corrected chi connectivity index (χ3v) is 4.98. The number of carbonyl (C=O) groups excluding carboxylic acids is 1. The molecule has 1 aliphatic heterocycles. The molecular formula is C17H14F6N2OS. The zero-order valence-corrected chi connectivity index (χ0v) is 14.5. The summed E-state index contributed by atoms with van der Waals surface area (Å²) in [4.78, 5) is 13.9.